The number of halogens is 3. The fourth-order valence-electron chi connectivity index (χ4n) is 7.87. The fraction of sp³-hybridized carbons (Fsp3) is 0.406. The number of allylic oxidation sites excluding steroid dienone is 2. The van der Waals surface area contributed by atoms with Gasteiger partial charge in [-0.25, -0.2) is 9.29 Å². The van der Waals surface area contributed by atoms with E-state index < -0.39 is 64.5 Å². The zero-order valence-electron chi connectivity index (χ0n) is 24.3. The largest absolute Gasteiger partial charge is 0.504 e. The van der Waals surface area contributed by atoms with Crippen LogP contribution in [0.5, 0.6) is 11.5 Å². The van der Waals surface area contributed by atoms with Crippen LogP contribution in [0.2, 0.25) is 5.02 Å². The van der Waals surface area contributed by atoms with E-state index in [1.165, 1.54) is 19.2 Å². The predicted octanol–water partition coefficient (Wildman–Crippen LogP) is 5.05. The van der Waals surface area contributed by atoms with E-state index in [1.54, 1.807) is 19.1 Å². The van der Waals surface area contributed by atoms with Crippen LogP contribution in [-0.4, -0.2) is 58.4 Å². The highest BCUT2D eigenvalue weighted by Gasteiger charge is 2.68. The smallest absolute Gasteiger partial charge is 0.303 e. The zero-order chi connectivity index (χ0) is 32.5. The lowest BCUT2D eigenvalue weighted by Crippen LogP contribution is -2.49. The first kappa shape index (κ1) is 31.2. The van der Waals surface area contributed by atoms with Gasteiger partial charge in [-0.2, -0.15) is 0 Å². The minimum Gasteiger partial charge on any atom is -0.504 e. The number of fused-ring (bicyclic) bond motifs is 4. The van der Waals surface area contributed by atoms with Gasteiger partial charge in [-0.1, -0.05) is 39.2 Å². The molecular weight excluding hydrogens is 675 g/mol. The van der Waals surface area contributed by atoms with Crippen LogP contribution in [0.15, 0.2) is 46.5 Å². The van der Waals surface area contributed by atoms with Gasteiger partial charge in [0.05, 0.1) is 41.0 Å². The molecule has 0 radical (unpaired) electrons. The van der Waals surface area contributed by atoms with Crippen molar-refractivity contribution >= 4 is 62.8 Å². The average Bonchev–Trinajstić information content (AvgIpc) is 3.35. The molecule has 2 aromatic rings. The number of carboxylic acids is 1. The Labute approximate surface area is 270 Å². The van der Waals surface area contributed by atoms with E-state index >= 15 is 0 Å². The van der Waals surface area contributed by atoms with E-state index in [1.807, 2.05) is 6.08 Å². The highest BCUT2D eigenvalue weighted by atomic mass is 79.9. The summed E-state index contributed by atoms with van der Waals surface area (Å²) in [4.78, 5) is 69.2. The molecule has 6 atom stereocenters. The number of phenols is 1. The second-order valence-corrected chi connectivity index (χ2v) is 13.5. The van der Waals surface area contributed by atoms with Crippen molar-refractivity contribution < 1.29 is 43.3 Å². The monoisotopic (exact) mass is 702 g/mol. The quantitative estimate of drug-likeness (QED) is 0.302. The van der Waals surface area contributed by atoms with Gasteiger partial charge in [-0.05, 0) is 62.4 Å². The number of hydrogen-bond donors (Lipinski definition) is 2. The maximum atomic E-state index is 14.5. The minimum atomic E-state index is -1.46. The molecule has 2 aromatic carbocycles. The van der Waals surface area contributed by atoms with Gasteiger partial charge in [0.1, 0.15) is 5.82 Å². The topological polar surface area (TPSA) is 142 Å². The number of rotatable bonds is 7. The Morgan fingerprint density at radius 3 is 2.53 bits per heavy atom. The number of phenolic OH excluding ortho intramolecular Hbond substituents is 1. The van der Waals surface area contributed by atoms with Crippen molar-refractivity contribution in [2.75, 3.05) is 18.6 Å². The maximum absolute atomic E-state index is 14.5. The van der Waals surface area contributed by atoms with Crippen LogP contribution in [0, 0.1) is 34.9 Å². The van der Waals surface area contributed by atoms with Gasteiger partial charge < -0.3 is 14.9 Å². The van der Waals surface area contributed by atoms with E-state index in [4.69, 9.17) is 21.4 Å². The number of methoxy groups -OCH3 is 1. The lowest BCUT2D eigenvalue weighted by Gasteiger charge is -2.49. The van der Waals surface area contributed by atoms with E-state index in [0.717, 1.165) is 15.9 Å². The number of likely N-dealkylation sites (tertiary alicyclic amines) is 1. The van der Waals surface area contributed by atoms with Crippen LogP contribution >= 0.6 is 27.5 Å². The molecule has 2 saturated heterocycles. The Balaban J connectivity index is 1.50. The highest BCUT2D eigenvalue weighted by molar-refractivity contribution is 9.10. The van der Waals surface area contributed by atoms with E-state index in [0.29, 0.717) is 15.6 Å². The van der Waals surface area contributed by atoms with E-state index in [-0.39, 0.29) is 60.3 Å². The molecule has 13 heteroatoms. The fourth-order valence-corrected chi connectivity index (χ4v) is 8.50. The van der Waals surface area contributed by atoms with Crippen molar-refractivity contribution in [3.05, 3.63) is 62.9 Å². The Bertz CT molecular complexity index is 1710. The number of carbonyl (C=O) groups is 5. The first-order valence-corrected chi connectivity index (χ1v) is 15.6. The zero-order valence-corrected chi connectivity index (χ0v) is 26.6. The number of aromatic hydroxyl groups is 1. The lowest BCUT2D eigenvalue weighted by molar-refractivity contribution is -0.142. The molecule has 4 amide bonds. The van der Waals surface area contributed by atoms with Crippen molar-refractivity contribution in [3.8, 4) is 11.5 Å². The standard InChI is InChI=1S/C32H29BrClFN2O8/c1-32-20(29(42)37(31(32)44)15-5-8-22(35)21(34)12-15)13-18-16(26(32)19-10-14(33)11-23(45-2)27(19)40)6-7-17-25(18)30(43)36(28(17)41)9-3-4-24(38)39/h5-6,8,10-12,17-18,20,25-26,40H,3-4,7,9,13H2,1-2H3,(H,38,39)/t17-,18+,20-,25-,26+,32+/m0/s1. The number of amides is 4. The molecule has 0 aromatic heterocycles. The molecule has 2 aliphatic carbocycles. The molecule has 3 fully saturated rings. The summed E-state index contributed by atoms with van der Waals surface area (Å²) in [5.41, 5.74) is -0.408. The highest BCUT2D eigenvalue weighted by Crippen LogP contribution is 2.65. The maximum Gasteiger partial charge on any atom is 0.303 e. The van der Waals surface area contributed by atoms with Gasteiger partial charge in [0.15, 0.2) is 11.5 Å². The summed E-state index contributed by atoms with van der Waals surface area (Å²) in [5.74, 6) is -7.88. The summed E-state index contributed by atoms with van der Waals surface area (Å²) >= 11 is 9.49. The van der Waals surface area contributed by atoms with Crippen molar-refractivity contribution in [3.63, 3.8) is 0 Å². The third-order valence-electron chi connectivity index (χ3n) is 9.90. The second-order valence-electron chi connectivity index (χ2n) is 12.1. The Morgan fingerprint density at radius 2 is 1.87 bits per heavy atom. The van der Waals surface area contributed by atoms with Gasteiger partial charge in [0, 0.05) is 28.9 Å². The van der Waals surface area contributed by atoms with Gasteiger partial charge in [-0.3, -0.25) is 28.9 Å². The molecular formula is C32H29BrClFN2O8. The van der Waals surface area contributed by atoms with Crippen LogP contribution in [0.4, 0.5) is 10.1 Å². The third-order valence-corrected chi connectivity index (χ3v) is 10.6. The molecule has 4 aliphatic rings. The molecule has 2 N–H and O–H groups in total. The SMILES string of the molecule is COc1cc(Br)cc([C@H]2C3=CC[C@@H]4C(=O)N(CCCC(=O)O)C(=O)[C@@H]4[C@@H]3C[C@H]3C(=O)N(c4ccc(F)c(Cl)c4)C(=O)[C@@]23C)c1O. The van der Waals surface area contributed by atoms with Crippen LogP contribution in [0.1, 0.15) is 44.1 Å². The van der Waals surface area contributed by atoms with Crippen molar-refractivity contribution in [1.29, 1.82) is 0 Å². The predicted molar refractivity (Wildman–Crippen MR) is 162 cm³/mol. The molecule has 0 spiro atoms. The van der Waals surface area contributed by atoms with E-state index in [9.17, 15) is 33.5 Å². The van der Waals surface area contributed by atoms with Crippen LogP contribution < -0.4 is 9.64 Å². The molecule has 0 bridgehead atoms. The molecule has 10 nitrogen and oxygen atoms in total. The molecule has 6 rings (SSSR count). The Kier molecular flexibility index (Phi) is 7.80. The minimum absolute atomic E-state index is 0.0380. The normalized spacial score (nSPS) is 29.0. The van der Waals surface area contributed by atoms with Gasteiger partial charge in [0.2, 0.25) is 23.6 Å². The van der Waals surface area contributed by atoms with Crippen molar-refractivity contribution in [2.45, 2.75) is 38.5 Å². The summed E-state index contributed by atoms with van der Waals surface area (Å²) in [6.07, 6.45) is 2.01. The van der Waals surface area contributed by atoms with Gasteiger partial charge in [-0.15, -0.1) is 0 Å². The number of benzene rings is 2. The summed E-state index contributed by atoms with van der Waals surface area (Å²) in [5, 5.41) is 20.2. The van der Waals surface area contributed by atoms with Gasteiger partial charge >= 0.3 is 5.97 Å². The third kappa shape index (κ3) is 4.67. The van der Waals surface area contributed by atoms with Crippen molar-refractivity contribution in [1.82, 2.24) is 4.90 Å². The molecule has 1 saturated carbocycles. The van der Waals surface area contributed by atoms with E-state index in [2.05, 4.69) is 15.9 Å². The molecule has 45 heavy (non-hydrogen) atoms. The summed E-state index contributed by atoms with van der Waals surface area (Å²) in [7, 11) is 1.38. The van der Waals surface area contributed by atoms with Crippen molar-refractivity contribution in [2.24, 2.45) is 29.1 Å². The lowest BCUT2D eigenvalue weighted by atomic mass is 9.51. The molecule has 2 heterocycles. The second kappa shape index (κ2) is 11.2. The number of aliphatic carboxylic acids is 1. The Morgan fingerprint density at radius 1 is 1.13 bits per heavy atom. The number of nitrogens with zero attached hydrogens (tertiary/aromatic N) is 2. The number of imide groups is 2. The number of carbonyl (C=O) groups excluding carboxylic acids is 4. The molecule has 2 aliphatic heterocycles. The van der Waals surface area contributed by atoms with Crippen LogP contribution in [0.25, 0.3) is 0 Å². The summed E-state index contributed by atoms with van der Waals surface area (Å²) < 4.78 is 20.0. The first-order chi connectivity index (χ1) is 21.3. The number of hydrogen-bond acceptors (Lipinski definition) is 7. The first-order valence-electron chi connectivity index (χ1n) is 14.5. The Hall–Kier alpha value is -3.77. The molecule has 236 valence electrons. The number of anilines is 1. The van der Waals surface area contributed by atoms with Crippen LogP contribution in [-0.2, 0) is 24.0 Å². The van der Waals surface area contributed by atoms with Gasteiger partial charge in [0.25, 0.3) is 0 Å². The summed E-state index contributed by atoms with van der Waals surface area (Å²) in [6.45, 7) is 1.62. The number of ether oxygens (including phenoxy) is 1. The summed E-state index contributed by atoms with van der Waals surface area (Å²) in [6, 6.07) is 6.78. The number of carboxylic acid groups (broad SMARTS) is 1. The van der Waals surface area contributed by atoms with Crippen LogP contribution in [0.3, 0.4) is 0 Å². The molecule has 0 unspecified atom stereocenters. The average molecular weight is 704 g/mol.